The molecule has 0 aromatic heterocycles. The average Bonchev–Trinajstić information content (AvgIpc) is 3.25. The van der Waals surface area contributed by atoms with Gasteiger partial charge < -0.3 is 4.90 Å². The lowest BCUT2D eigenvalue weighted by molar-refractivity contribution is 0.0738. The molecule has 4 heteroatoms. The third kappa shape index (κ3) is 3.54. The van der Waals surface area contributed by atoms with Crippen molar-refractivity contribution in [3.8, 4) is 0 Å². The van der Waals surface area contributed by atoms with Crippen molar-refractivity contribution in [3.05, 3.63) is 28.2 Å². The molecule has 2 aliphatic rings. The highest BCUT2D eigenvalue weighted by atomic mass is 79.9. The summed E-state index contributed by atoms with van der Waals surface area (Å²) in [5.41, 5.74) is 0.744. The standard InChI is InChI=1S/C15H18BrNOS/c16-14-6-5-12(19)7-13(14)15(18)17(8-10-1-2-10)9-11-3-4-11/h5-7,10-11,19H,1-4,8-9H2. The van der Waals surface area contributed by atoms with Gasteiger partial charge in [-0.15, -0.1) is 12.6 Å². The van der Waals surface area contributed by atoms with Crippen LogP contribution in [0.25, 0.3) is 0 Å². The van der Waals surface area contributed by atoms with Gasteiger partial charge in [0.1, 0.15) is 0 Å². The van der Waals surface area contributed by atoms with Crippen molar-refractivity contribution in [2.45, 2.75) is 30.6 Å². The number of rotatable bonds is 5. The van der Waals surface area contributed by atoms with Crippen molar-refractivity contribution in [1.82, 2.24) is 4.90 Å². The maximum absolute atomic E-state index is 12.7. The van der Waals surface area contributed by atoms with E-state index in [2.05, 4.69) is 33.5 Å². The third-order valence-electron chi connectivity index (χ3n) is 3.82. The number of thiol groups is 1. The van der Waals surface area contributed by atoms with E-state index in [1.54, 1.807) is 0 Å². The molecule has 2 fully saturated rings. The highest BCUT2D eigenvalue weighted by Gasteiger charge is 2.32. The molecule has 1 aromatic carbocycles. The molecule has 0 spiro atoms. The van der Waals surface area contributed by atoms with Crippen LogP contribution in [0.5, 0.6) is 0 Å². The van der Waals surface area contributed by atoms with Crippen molar-refractivity contribution in [3.63, 3.8) is 0 Å². The van der Waals surface area contributed by atoms with E-state index in [0.717, 1.165) is 39.9 Å². The van der Waals surface area contributed by atoms with Crippen LogP contribution in [-0.2, 0) is 0 Å². The van der Waals surface area contributed by atoms with Gasteiger partial charge in [0.15, 0.2) is 0 Å². The largest absolute Gasteiger partial charge is 0.338 e. The molecule has 0 heterocycles. The smallest absolute Gasteiger partial charge is 0.255 e. The molecule has 0 N–H and O–H groups in total. The van der Waals surface area contributed by atoms with Crippen LogP contribution >= 0.6 is 28.6 Å². The molecule has 19 heavy (non-hydrogen) atoms. The summed E-state index contributed by atoms with van der Waals surface area (Å²) in [5.74, 6) is 1.63. The summed E-state index contributed by atoms with van der Waals surface area (Å²) in [6.07, 6.45) is 5.12. The Morgan fingerprint density at radius 3 is 2.32 bits per heavy atom. The van der Waals surface area contributed by atoms with E-state index < -0.39 is 0 Å². The summed E-state index contributed by atoms with van der Waals surface area (Å²) < 4.78 is 0.867. The molecule has 2 saturated carbocycles. The summed E-state index contributed by atoms with van der Waals surface area (Å²) in [6, 6.07) is 5.67. The minimum Gasteiger partial charge on any atom is -0.338 e. The zero-order valence-electron chi connectivity index (χ0n) is 10.8. The summed E-state index contributed by atoms with van der Waals surface area (Å²) in [5, 5.41) is 0. The van der Waals surface area contributed by atoms with E-state index in [1.807, 2.05) is 18.2 Å². The zero-order chi connectivity index (χ0) is 13.4. The van der Waals surface area contributed by atoms with Gasteiger partial charge in [0.2, 0.25) is 0 Å². The average molecular weight is 340 g/mol. The van der Waals surface area contributed by atoms with Crippen LogP contribution in [-0.4, -0.2) is 23.9 Å². The molecule has 2 aliphatic carbocycles. The Morgan fingerprint density at radius 2 is 1.79 bits per heavy atom. The molecule has 0 unspecified atom stereocenters. The molecule has 0 saturated heterocycles. The molecule has 3 rings (SSSR count). The lowest BCUT2D eigenvalue weighted by Crippen LogP contribution is -2.35. The van der Waals surface area contributed by atoms with Crippen LogP contribution in [0.3, 0.4) is 0 Å². The molecular weight excluding hydrogens is 322 g/mol. The number of halogens is 1. The van der Waals surface area contributed by atoms with Crippen LogP contribution in [0.4, 0.5) is 0 Å². The third-order valence-corrected chi connectivity index (χ3v) is 4.79. The predicted octanol–water partition coefficient (Wildman–Crippen LogP) is 4.00. The van der Waals surface area contributed by atoms with Gasteiger partial charge in [0.05, 0.1) is 5.56 Å². The second-order valence-corrected chi connectivity index (χ2v) is 7.13. The minimum atomic E-state index is 0.154. The molecule has 0 aliphatic heterocycles. The lowest BCUT2D eigenvalue weighted by Gasteiger charge is -2.23. The Labute approximate surface area is 128 Å². The van der Waals surface area contributed by atoms with E-state index in [0.29, 0.717) is 0 Å². The fourth-order valence-corrected chi connectivity index (χ4v) is 2.93. The van der Waals surface area contributed by atoms with Crippen LogP contribution in [0.15, 0.2) is 27.6 Å². The monoisotopic (exact) mass is 339 g/mol. The fourth-order valence-electron chi connectivity index (χ4n) is 2.31. The predicted molar refractivity (Wildman–Crippen MR) is 82.7 cm³/mol. The van der Waals surface area contributed by atoms with Crippen LogP contribution in [0.2, 0.25) is 0 Å². The summed E-state index contributed by atoms with van der Waals surface area (Å²) in [4.78, 5) is 15.6. The number of benzene rings is 1. The summed E-state index contributed by atoms with van der Waals surface area (Å²) in [7, 11) is 0. The Kier molecular flexibility index (Phi) is 3.90. The maximum atomic E-state index is 12.7. The van der Waals surface area contributed by atoms with E-state index >= 15 is 0 Å². The molecule has 1 amide bonds. The number of hydrogen-bond acceptors (Lipinski definition) is 2. The number of carbonyl (C=O) groups excluding carboxylic acids is 1. The van der Waals surface area contributed by atoms with Gasteiger partial charge >= 0.3 is 0 Å². The highest BCUT2D eigenvalue weighted by molar-refractivity contribution is 9.10. The Bertz CT molecular complexity index is 483. The Hall–Kier alpha value is -0.480. The number of hydrogen-bond donors (Lipinski definition) is 1. The Balaban J connectivity index is 1.78. The van der Waals surface area contributed by atoms with Crippen LogP contribution in [0, 0.1) is 11.8 Å². The summed E-state index contributed by atoms with van der Waals surface area (Å²) in [6.45, 7) is 1.86. The van der Waals surface area contributed by atoms with Crippen molar-refractivity contribution >= 4 is 34.5 Å². The van der Waals surface area contributed by atoms with Gasteiger partial charge in [-0.25, -0.2) is 0 Å². The molecule has 1 aromatic rings. The maximum Gasteiger partial charge on any atom is 0.255 e. The van der Waals surface area contributed by atoms with Gasteiger partial charge in [0, 0.05) is 22.5 Å². The first kappa shape index (κ1) is 13.5. The second kappa shape index (κ2) is 5.49. The first-order valence-electron chi connectivity index (χ1n) is 6.91. The van der Waals surface area contributed by atoms with Gasteiger partial charge in [-0.05, 0) is 71.6 Å². The van der Waals surface area contributed by atoms with Crippen LogP contribution in [0.1, 0.15) is 36.0 Å². The van der Waals surface area contributed by atoms with Gasteiger partial charge in [-0.2, -0.15) is 0 Å². The molecular formula is C15H18BrNOS. The van der Waals surface area contributed by atoms with E-state index in [-0.39, 0.29) is 5.91 Å². The van der Waals surface area contributed by atoms with Crippen LogP contribution < -0.4 is 0 Å². The molecule has 2 nitrogen and oxygen atoms in total. The van der Waals surface area contributed by atoms with Crippen molar-refractivity contribution in [2.75, 3.05) is 13.1 Å². The topological polar surface area (TPSA) is 20.3 Å². The van der Waals surface area contributed by atoms with E-state index in [9.17, 15) is 4.79 Å². The van der Waals surface area contributed by atoms with Crippen molar-refractivity contribution in [1.29, 1.82) is 0 Å². The second-order valence-electron chi connectivity index (χ2n) is 5.76. The number of amides is 1. The van der Waals surface area contributed by atoms with Crippen molar-refractivity contribution in [2.24, 2.45) is 11.8 Å². The first-order chi connectivity index (χ1) is 9.13. The van der Waals surface area contributed by atoms with Gasteiger partial charge in [-0.1, -0.05) is 0 Å². The molecule has 0 bridgehead atoms. The number of carbonyl (C=O) groups is 1. The highest BCUT2D eigenvalue weighted by Crippen LogP contribution is 2.35. The summed E-state index contributed by atoms with van der Waals surface area (Å²) >= 11 is 7.82. The Morgan fingerprint density at radius 1 is 1.21 bits per heavy atom. The quantitative estimate of drug-likeness (QED) is 0.804. The van der Waals surface area contributed by atoms with Gasteiger partial charge in [0.25, 0.3) is 5.91 Å². The SMILES string of the molecule is O=C(c1cc(S)ccc1Br)N(CC1CC1)CC1CC1. The van der Waals surface area contributed by atoms with E-state index in [4.69, 9.17) is 0 Å². The lowest BCUT2D eigenvalue weighted by atomic mass is 10.1. The molecule has 0 atom stereocenters. The van der Waals surface area contributed by atoms with Crippen molar-refractivity contribution < 1.29 is 4.79 Å². The number of nitrogens with zero attached hydrogens (tertiary/aromatic N) is 1. The molecule has 102 valence electrons. The normalized spacial score (nSPS) is 18.4. The minimum absolute atomic E-state index is 0.154. The zero-order valence-corrected chi connectivity index (χ0v) is 13.3. The van der Waals surface area contributed by atoms with Gasteiger partial charge in [-0.3, -0.25) is 4.79 Å². The molecule has 0 radical (unpaired) electrons. The van der Waals surface area contributed by atoms with E-state index in [1.165, 1.54) is 25.7 Å². The fraction of sp³-hybridized carbons (Fsp3) is 0.533. The first-order valence-corrected chi connectivity index (χ1v) is 8.15.